The van der Waals surface area contributed by atoms with E-state index in [0.29, 0.717) is 5.56 Å². The van der Waals surface area contributed by atoms with Gasteiger partial charge in [0.15, 0.2) is 0 Å². The number of benzene rings is 1. The third kappa shape index (κ3) is 2.78. The van der Waals surface area contributed by atoms with Crippen molar-refractivity contribution in [1.82, 2.24) is 4.98 Å². The van der Waals surface area contributed by atoms with Gasteiger partial charge in [0.2, 0.25) is 0 Å². The van der Waals surface area contributed by atoms with Gasteiger partial charge in [-0.15, -0.1) is 0 Å². The maximum Gasteiger partial charge on any atom is 0.255 e. The molecule has 1 amide bonds. The lowest BCUT2D eigenvalue weighted by Crippen LogP contribution is -2.13. The van der Waals surface area contributed by atoms with Crippen molar-refractivity contribution in [3.8, 4) is 0 Å². The number of amides is 1. The summed E-state index contributed by atoms with van der Waals surface area (Å²) in [6.45, 7) is 0. The lowest BCUT2D eigenvalue weighted by molar-refractivity contribution is 0.102. The Morgan fingerprint density at radius 3 is 2.44 bits per heavy atom. The quantitative estimate of drug-likeness (QED) is 0.853. The van der Waals surface area contributed by atoms with Gasteiger partial charge in [0.05, 0.1) is 15.7 Å². The van der Waals surface area contributed by atoms with E-state index in [1.807, 2.05) is 0 Å². The fraction of sp³-hybridized carbons (Fsp3) is 0. The maximum absolute atomic E-state index is 13.5. The molecule has 0 atom stereocenters. The number of nitrogens with zero attached hydrogens (tertiary/aromatic N) is 1. The summed E-state index contributed by atoms with van der Waals surface area (Å²) in [6.07, 6.45) is 2.94. The summed E-state index contributed by atoms with van der Waals surface area (Å²) in [5.41, 5.74) is 0.349. The van der Waals surface area contributed by atoms with Crippen LogP contribution in [-0.2, 0) is 0 Å². The first-order valence-electron chi connectivity index (χ1n) is 4.94. The number of rotatable bonds is 2. The number of halogens is 3. The summed E-state index contributed by atoms with van der Waals surface area (Å²) in [5.74, 6) is -1.10. The monoisotopic (exact) mass is 284 g/mol. The molecule has 1 heterocycles. The lowest BCUT2D eigenvalue weighted by Gasteiger charge is -2.07. The minimum atomic E-state index is -0.646. The Hall–Kier alpha value is -1.65. The average Bonchev–Trinajstić information content (AvgIpc) is 2.37. The molecule has 2 aromatic rings. The van der Waals surface area contributed by atoms with Gasteiger partial charge in [-0.25, -0.2) is 4.39 Å². The Balaban J connectivity index is 2.25. The van der Waals surface area contributed by atoms with Gasteiger partial charge < -0.3 is 5.32 Å². The molecule has 92 valence electrons. The largest absolute Gasteiger partial charge is 0.319 e. The molecule has 0 radical (unpaired) electrons. The van der Waals surface area contributed by atoms with E-state index in [1.54, 1.807) is 0 Å². The minimum Gasteiger partial charge on any atom is -0.319 e. The Morgan fingerprint density at radius 2 is 1.78 bits per heavy atom. The smallest absolute Gasteiger partial charge is 0.255 e. The van der Waals surface area contributed by atoms with Gasteiger partial charge in [-0.05, 0) is 24.3 Å². The van der Waals surface area contributed by atoms with Gasteiger partial charge >= 0.3 is 0 Å². The van der Waals surface area contributed by atoms with Crippen LogP contribution in [0.1, 0.15) is 10.4 Å². The molecule has 18 heavy (non-hydrogen) atoms. The highest BCUT2D eigenvalue weighted by molar-refractivity contribution is 6.42. The van der Waals surface area contributed by atoms with E-state index in [-0.39, 0.29) is 15.7 Å². The Bertz CT molecular complexity index is 590. The van der Waals surface area contributed by atoms with E-state index in [1.165, 1.54) is 30.6 Å². The first-order chi connectivity index (χ1) is 8.58. The summed E-state index contributed by atoms with van der Waals surface area (Å²) < 4.78 is 13.5. The van der Waals surface area contributed by atoms with E-state index in [0.717, 1.165) is 6.07 Å². The molecule has 3 nitrogen and oxygen atoms in total. The normalized spacial score (nSPS) is 10.2. The second kappa shape index (κ2) is 5.33. The zero-order valence-electron chi connectivity index (χ0n) is 8.95. The highest BCUT2D eigenvalue weighted by atomic mass is 35.5. The van der Waals surface area contributed by atoms with Crippen molar-refractivity contribution in [3.05, 3.63) is 58.1 Å². The number of pyridine rings is 1. The fourth-order valence-electron chi connectivity index (χ4n) is 1.32. The summed E-state index contributed by atoms with van der Waals surface area (Å²) >= 11 is 11.4. The van der Waals surface area contributed by atoms with Crippen LogP contribution in [0, 0.1) is 5.82 Å². The summed E-state index contributed by atoms with van der Waals surface area (Å²) in [7, 11) is 0. The van der Waals surface area contributed by atoms with Gasteiger partial charge in [0.1, 0.15) is 5.82 Å². The lowest BCUT2D eigenvalue weighted by atomic mass is 10.2. The minimum absolute atomic E-state index is 0.0220. The summed E-state index contributed by atoms with van der Waals surface area (Å²) in [4.78, 5) is 15.6. The number of hydrogen-bond donors (Lipinski definition) is 1. The first kappa shape index (κ1) is 12.8. The molecule has 1 aromatic heterocycles. The molecule has 0 spiro atoms. The van der Waals surface area contributed by atoms with Crippen LogP contribution in [0.4, 0.5) is 10.1 Å². The topological polar surface area (TPSA) is 42.0 Å². The Labute approximate surface area is 113 Å². The van der Waals surface area contributed by atoms with Crippen molar-refractivity contribution in [3.63, 3.8) is 0 Å². The van der Waals surface area contributed by atoms with Gasteiger partial charge in [-0.3, -0.25) is 9.78 Å². The van der Waals surface area contributed by atoms with Crippen LogP contribution in [0.3, 0.4) is 0 Å². The zero-order valence-corrected chi connectivity index (χ0v) is 10.5. The molecular weight excluding hydrogens is 278 g/mol. The SMILES string of the molecule is O=C(Nc1cc(Cl)c(Cl)cc1F)c1ccncc1. The maximum atomic E-state index is 13.5. The van der Waals surface area contributed by atoms with Crippen LogP contribution in [0.15, 0.2) is 36.7 Å². The molecule has 0 saturated heterocycles. The molecular formula is C12H7Cl2FN2O. The van der Waals surface area contributed by atoms with Crippen LogP contribution in [0.2, 0.25) is 10.0 Å². The zero-order chi connectivity index (χ0) is 13.1. The fourth-order valence-corrected chi connectivity index (χ4v) is 1.63. The molecule has 0 aliphatic heterocycles. The Kier molecular flexibility index (Phi) is 3.79. The predicted octanol–water partition coefficient (Wildman–Crippen LogP) is 3.78. The van der Waals surface area contributed by atoms with Gasteiger partial charge in [-0.1, -0.05) is 23.2 Å². The highest BCUT2D eigenvalue weighted by Gasteiger charge is 2.11. The highest BCUT2D eigenvalue weighted by Crippen LogP contribution is 2.28. The third-order valence-electron chi connectivity index (χ3n) is 2.20. The number of aromatic nitrogens is 1. The van der Waals surface area contributed by atoms with E-state index in [2.05, 4.69) is 10.3 Å². The third-order valence-corrected chi connectivity index (χ3v) is 2.92. The van der Waals surface area contributed by atoms with Crippen molar-refractivity contribution < 1.29 is 9.18 Å². The van der Waals surface area contributed by atoms with Gasteiger partial charge in [0, 0.05) is 18.0 Å². The van der Waals surface area contributed by atoms with Crippen LogP contribution in [0.5, 0.6) is 0 Å². The van der Waals surface area contributed by atoms with E-state index in [4.69, 9.17) is 23.2 Å². The molecule has 1 aromatic carbocycles. The molecule has 6 heteroatoms. The molecule has 0 bridgehead atoms. The summed E-state index contributed by atoms with van der Waals surface area (Å²) in [5, 5.41) is 2.67. The van der Waals surface area contributed by atoms with Crippen LogP contribution >= 0.6 is 23.2 Å². The number of carbonyl (C=O) groups is 1. The number of nitrogens with one attached hydrogen (secondary N) is 1. The average molecular weight is 285 g/mol. The Morgan fingerprint density at radius 1 is 1.17 bits per heavy atom. The molecule has 0 fully saturated rings. The van der Waals surface area contributed by atoms with Crippen LogP contribution in [0.25, 0.3) is 0 Å². The number of hydrogen-bond acceptors (Lipinski definition) is 2. The standard InChI is InChI=1S/C12H7Cl2FN2O/c13-8-5-10(15)11(6-9(8)14)17-12(18)7-1-3-16-4-2-7/h1-6H,(H,17,18). The van der Waals surface area contributed by atoms with Crippen molar-refractivity contribution in [2.75, 3.05) is 5.32 Å². The van der Waals surface area contributed by atoms with E-state index < -0.39 is 11.7 Å². The van der Waals surface area contributed by atoms with E-state index >= 15 is 0 Å². The van der Waals surface area contributed by atoms with Crippen molar-refractivity contribution >= 4 is 34.8 Å². The molecule has 2 rings (SSSR count). The van der Waals surface area contributed by atoms with E-state index in [9.17, 15) is 9.18 Å². The summed E-state index contributed by atoms with van der Waals surface area (Å²) in [6, 6.07) is 5.35. The van der Waals surface area contributed by atoms with Crippen LogP contribution in [-0.4, -0.2) is 10.9 Å². The molecule has 0 aliphatic rings. The van der Waals surface area contributed by atoms with Crippen molar-refractivity contribution in [2.24, 2.45) is 0 Å². The number of anilines is 1. The van der Waals surface area contributed by atoms with Crippen LogP contribution < -0.4 is 5.32 Å². The van der Waals surface area contributed by atoms with Gasteiger partial charge in [-0.2, -0.15) is 0 Å². The molecule has 1 N–H and O–H groups in total. The number of carbonyl (C=O) groups excluding carboxylic acids is 1. The second-order valence-electron chi connectivity index (χ2n) is 3.44. The van der Waals surface area contributed by atoms with Gasteiger partial charge in [0.25, 0.3) is 5.91 Å². The predicted molar refractivity (Wildman–Crippen MR) is 68.6 cm³/mol. The van der Waals surface area contributed by atoms with Crippen molar-refractivity contribution in [2.45, 2.75) is 0 Å². The van der Waals surface area contributed by atoms with Crippen molar-refractivity contribution in [1.29, 1.82) is 0 Å². The molecule has 0 aliphatic carbocycles. The first-order valence-corrected chi connectivity index (χ1v) is 5.69. The second-order valence-corrected chi connectivity index (χ2v) is 4.25. The molecule has 0 saturated carbocycles. The molecule has 0 unspecified atom stereocenters.